The molecule has 7 rings (SSSR count). The number of carbonyl (C=O) groups excluding carboxylic acids is 2. The number of aromatic nitrogens is 6. The number of carbonyl (C=O) groups is 2. The molecule has 0 saturated carbocycles. The highest BCUT2D eigenvalue weighted by Gasteiger charge is 2.53. The fourth-order valence-corrected chi connectivity index (χ4v) is 8.50. The van der Waals surface area contributed by atoms with Crippen molar-refractivity contribution in [3.63, 3.8) is 0 Å². The van der Waals surface area contributed by atoms with Crippen LogP contribution in [0.3, 0.4) is 0 Å². The zero-order valence-corrected chi connectivity index (χ0v) is 41.2. The molecule has 3 aliphatic rings. The molecule has 66 heavy (non-hydrogen) atoms. The Balaban J connectivity index is 0.000000191. The molecule has 0 spiro atoms. The van der Waals surface area contributed by atoms with E-state index in [0.29, 0.717) is 53.3 Å². The number of fused-ring (bicyclic) bond motifs is 2. The lowest BCUT2D eigenvalue weighted by Crippen LogP contribution is -2.41. The van der Waals surface area contributed by atoms with Crippen LogP contribution >= 0.6 is 15.9 Å². The number of hydrogen-bond acceptors (Lipinski definition) is 10. The summed E-state index contributed by atoms with van der Waals surface area (Å²) in [5.41, 5.74) is 6.72. The first-order valence-electron chi connectivity index (χ1n) is 22.3. The van der Waals surface area contributed by atoms with Crippen molar-refractivity contribution in [1.29, 1.82) is 0 Å². The summed E-state index contributed by atoms with van der Waals surface area (Å²) in [7, 11) is -0.501. The molecule has 1 saturated heterocycles. The van der Waals surface area contributed by atoms with Crippen LogP contribution in [0.2, 0.25) is 0 Å². The molecule has 12 nitrogen and oxygen atoms in total. The third-order valence-corrected chi connectivity index (χ3v) is 13.4. The van der Waals surface area contributed by atoms with E-state index in [2.05, 4.69) is 36.1 Å². The van der Waals surface area contributed by atoms with Gasteiger partial charge in [-0.3, -0.25) is 0 Å². The number of esters is 2. The van der Waals surface area contributed by atoms with Crippen LogP contribution in [0.15, 0.2) is 34.6 Å². The van der Waals surface area contributed by atoms with E-state index in [1.807, 2.05) is 69.2 Å². The molecule has 1 fully saturated rings. The standard InChI is InChI=1S/C20H24F3N3O2.C13H20BF3O2.C13H16BrN3O2/c1-5-28-19(27)15-10-24-26-17(12(4)25-18(26)16(15)11(2)3)13-6-8-14(9-7-13)20(21,22)23;1-11(2)12(3,4)19-14(18-11)10-7-5-9(6-8-10)13(15,16)17;1-5-19-13(18)9-6-15-17-11(14)8(4)16-12(17)10(9)7(2)3/h6,10-11,14H,5,7-9H2,1-4H3;7,9H,5-6,8H2,1-4H3;6-7H,5H2,1-4H3. The Hall–Kier alpha value is -4.30. The van der Waals surface area contributed by atoms with E-state index in [1.54, 1.807) is 41.2 Å². The number of allylic oxidation sites excluding steroid dienone is 4. The third-order valence-electron chi connectivity index (χ3n) is 12.4. The van der Waals surface area contributed by atoms with Gasteiger partial charge >= 0.3 is 31.4 Å². The van der Waals surface area contributed by atoms with Crippen LogP contribution in [0.1, 0.15) is 169 Å². The number of alkyl halides is 6. The quantitative estimate of drug-likeness (QED) is 0.0955. The summed E-state index contributed by atoms with van der Waals surface area (Å²) in [5, 5.41) is 8.64. The van der Waals surface area contributed by atoms with Gasteiger partial charge in [0.1, 0.15) is 4.60 Å². The molecule has 4 aromatic heterocycles. The van der Waals surface area contributed by atoms with Crippen LogP contribution in [-0.2, 0) is 18.8 Å². The lowest BCUT2D eigenvalue weighted by atomic mass is 9.70. The van der Waals surface area contributed by atoms with Crippen molar-refractivity contribution < 1.29 is 54.7 Å². The molecule has 362 valence electrons. The predicted octanol–water partition coefficient (Wildman–Crippen LogP) is 12.1. The number of hydrogen-bond donors (Lipinski definition) is 0. The van der Waals surface area contributed by atoms with Crippen LogP contribution < -0.4 is 0 Å². The molecule has 0 N–H and O–H groups in total. The van der Waals surface area contributed by atoms with E-state index in [9.17, 15) is 35.9 Å². The van der Waals surface area contributed by atoms with Gasteiger partial charge in [0, 0.05) is 11.1 Å². The number of aryl methyl sites for hydroxylation is 2. The molecule has 4 aromatic rings. The van der Waals surface area contributed by atoms with Crippen molar-refractivity contribution in [2.45, 2.75) is 157 Å². The highest BCUT2D eigenvalue weighted by Crippen LogP contribution is 2.44. The number of imidazole rings is 2. The summed E-state index contributed by atoms with van der Waals surface area (Å²) in [6.45, 7) is 23.5. The molecule has 0 radical (unpaired) electrons. The average Bonchev–Trinajstić information content (AvgIpc) is 3.80. The van der Waals surface area contributed by atoms with Crippen LogP contribution in [0.25, 0.3) is 16.9 Å². The molecule has 1 aliphatic heterocycles. The minimum Gasteiger partial charge on any atom is -0.462 e. The van der Waals surface area contributed by atoms with E-state index in [-0.39, 0.29) is 50.1 Å². The van der Waals surface area contributed by atoms with E-state index >= 15 is 0 Å². The maximum Gasteiger partial charge on any atom is 0.490 e. The third kappa shape index (κ3) is 11.3. The predicted molar refractivity (Wildman–Crippen MR) is 242 cm³/mol. The highest BCUT2D eigenvalue weighted by atomic mass is 79.9. The van der Waals surface area contributed by atoms with Crippen molar-refractivity contribution in [2.24, 2.45) is 11.8 Å². The summed E-state index contributed by atoms with van der Waals surface area (Å²) in [6, 6.07) is 0. The van der Waals surface area contributed by atoms with Crippen molar-refractivity contribution in [3.05, 3.63) is 74.0 Å². The number of ether oxygens (including phenoxy) is 2. The normalized spacial score (nSPS) is 19.6. The summed E-state index contributed by atoms with van der Waals surface area (Å²) >= 11 is 3.45. The molecule has 0 bridgehead atoms. The van der Waals surface area contributed by atoms with Gasteiger partial charge in [0.05, 0.1) is 76.9 Å². The Labute approximate surface area is 390 Å². The number of nitrogens with zero attached hydrogens (tertiary/aromatic N) is 6. The zero-order valence-electron chi connectivity index (χ0n) is 39.6. The molecule has 2 aliphatic carbocycles. The van der Waals surface area contributed by atoms with E-state index in [4.69, 9.17) is 18.8 Å². The van der Waals surface area contributed by atoms with Crippen molar-refractivity contribution in [1.82, 2.24) is 29.2 Å². The topological polar surface area (TPSA) is 131 Å². The molecule has 2 atom stereocenters. The van der Waals surface area contributed by atoms with Gasteiger partial charge in [-0.15, -0.1) is 0 Å². The highest BCUT2D eigenvalue weighted by molar-refractivity contribution is 9.10. The Morgan fingerprint density at radius 1 is 0.758 bits per heavy atom. The van der Waals surface area contributed by atoms with Gasteiger partial charge in [-0.1, -0.05) is 39.8 Å². The monoisotopic (exact) mass is 996 g/mol. The molecular weight excluding hydrogens is 937 g/mol. The number of rotatable bonds is 8. The summed E-state index contributed by atoms with van der Waals surface area (Å²) in [4.78, 5) is 33.4. The fourth-order valence-electron chi connectivity index (χ4n) is 8.15. The van der Waals surface area contributed by atoms with Gasteiger partial charge in [0.25, 0.3) is 0 Å². The van der Waals surface area contributed by atoms with Gasteiger partial charge in [0.15, 0.2) is 11.3 Å². The molecule has 0 aromatic carbocycles. The van der Waals surface area contributed by atoms with Gasteiger partial charge in [-0.2, -0.15) is 36.5 Å². The Morgan fingerprint density at radius 3 is 1.61 bits per heavy atom. The Morgan fingerprint density at radius 2 is 1.20 bits per heavy atom. The maximum atomic E-state index is 13.0. The van der Waals surface area contributed by atoms with Crippen LogP contribution in [-0.4, -0.2) is 85.0 Å². The van der Waals surface area contributed by atoms with E-state index < -0.39 is 48.5 Å². The molecule has 20 heteroatoms. The minimum absolute atomic E-state index is 0.00509. The first-order valence-corrected chi connectivity index (χ1v) is 23.1. The first kappa shape index (κ1) is 52.7. The summed E-state index contributed by atoms with van der Waals surface area (Å²) in [6.07, 6.45) is -1.09. The van der Waals surface area contributed by atoms with Crippen LogP contribution in [0.4, 0.5) is 26.3 Å². The maximum absolute atomic E-state index is 13.0. The molecule has 5 heterocycles. The summed E-state index contributed by atoms with van der Waals surface area (Å²) < 4.78 is 103. The van der Waals surface area contributed by atoms with Crippen molar-refractivity contribution in [3.8, 4) is 0 Å². The van der Waals surface area contributed by atoms with Crippen molar-refractivity contribution >= 4 is 51.9 Å². The lowest BCUT2D eigenvalue weighted by Gasteiger charge is -2.32. The zero-order chi connectivity index (χ0) is 49.3. The van der Waals surface area contributed by atoms with Crippen molar-refractivity contribution in [2.75, 3.05) is 13.2 Å². The van der Waals surface area contributed by atoms with Gasteiger partial charge < -0.3 is 18.8 Å². The second-order valence-corrected chi connectivity index (χ2v) is 19.1. The smallest absolute Gasteiger partial charge is 0.462 e. The number of halogens is 7. The Bertz CT molecular complexity index is 2460. The van der Waals surface area contributed by atoms with Gasteiger partial charge in [0.2, 0.25) is 0 Å². The summed E-state index contributed by atoms with van der Waals surface area (Å²) in [5.74, 6) is -3.18. The second kappa shape index (κ2) is 20.5. The van der Waals surface area contributed by atoms with Gasteiger partial charge in [-0.25, -0.2) is 28.6 Å². The SMILES string of the molecule is CC1(C)OB(C2=CCC(C(F)(F)F)CC2)OC1(C)C.CCOC(=O)c1cnn2c(Br)c(C)nc2c1C(C)C.CCOC(=O)c1cnn2c(C3=CCC(C(F)(F)F)CC3)c(C)nc2c1C(C)C. The first-order chi connectivity index (χ1) is 30.6. The molecule has 0 amide bonds. The van der Waals surface area contributed by atoms with Crippen LogP contribution in [0, 0.1) is 25.7 Å². The lowest BCUT2D eigenvalue weighted by molar-refractivity contribution is -0.176. The molecule has 2 unspecified atom stereocenters. The fraction of sp³-hybridized carbons (Fsp3) is 0.609. The van der Waals surface area contributed by atoms with E-state index in [0.717, 1.165) is 32.5 Å². The van der Waals surface area contributed by atoms with E-state index in [1.165, 1.54) is 6.20 Å². The van der Waals surface area contributed by atoms with Gasteiger partial charge in [-0.05, 0) is 133 Å². The Kier molecular flexibility index (Phi) is 16.4. The largest absolute Gasteiger partial charge is 0.490 e. The minimum atomic E-state index is -4.17. The van der Waals surface area contributed by atoms with Crippen LogP contribution in [0.5, 0.6) is 0 Å². The second-order valence-electron chi connectivity index (χ2n) is 18.3. The average molecular weight is 998 g/mol. The molecular formula is C46H60BBrF6N6O6.